The Kier molecular flexibility index (Phi) is 5.88. The van der Waals surface area contributed by atoms with Crippen molar-refractivity contribution in [1.29, 1.82) is 0 Å². The minimum Gasteiger partial charge on any atom is -0.493 e. The lowest BCUT2D eigenvalue weighted by atomic mass is 10.1. The molecule has 2 rings (SSSR count). The van der Waals surface area contributed by atoms with Crippen molar-refractivity contribution in [3.05, 3.63) is 58.6 Å². The molecule has 4 nitrogen and oxygen atoms in total. The molecule has 0 N–H and O–H groups in total. The summed E-state index contributed by atoms with van der Waals surface area (Å²) < 4.78 is 10.8. The Morgan fingerprint density at radius 2 is 1.96 bits per heavy atom. The van der Waals surface area contributed by atoms with Crippen LogP contribution in [-0.2, 0) is 6.54 Å². The summed E-state index contributed by atoms with van der Waals surface area (Å²) in [4.78, 5) is 14.2. The molecule has 0 unspecified atom stereocenters. The van der Waals surface area contributed by atoms with E-state index in [9.17, 15) is 4.79 Å². The number of rotatable bonds is 6. The van der Waals surface area contributed by atoms with E-state index in [-0.39, 0.29) is 5.91 Å². The molecule has 0 bridgehead atoms. The fourth-order valence-electron chi connectivity index (χ4n) is 2.28. The van der Waals surface area contributed by atoms with Gasteiger partial charge < -0.3 is 14.4 Å². The van der Waals surface area contributed by atoms with Crippen molar-refractivity contribution in [2.45, 2.75) is 13.5 Å². The average molecular weight is 334 g/mol. The molecule has 0 aliphatic rings. The van der Waals surface area contributed by atoms with Gasteiger partial charge in [-0.25, -0.2) is 0 Å². The first-order chi connectivity index (χ1) is 11.0. The van der Waals surface area contributed by atoms with Gasteiger partial charge in [0.2, 0.25) is 0 Å². The molecule has 0 spiro atoms. The summed E-state index contributed by atoms with van der Waals surface area (Å²) in [7, 11) is 3.33. The van der Waals surface area contributed by atoms with E-state index >= 15 is 0 Å². The minimum atomic E-state index is -0.0893. The Labute approximate surface area is 141 Å². The van der Waals surface area contributed by atoms with Crippen molar-refractivity contribution in [3.63, 3.8) is 0 Å². The number of halogens is 1. The van der Waals surface area contributed by atoms with Crippen LogP contribution in [-0.4, -0.2) is 31.6 Å². The van der Waals surface area contributed by atoms with E-state index in [1.807, 2.05) is 31.2 Å². The monoisotopic (exact) mass is 333 g/mol. The van der Waals surface area contributed by atoms with E-state index < -0.39 is 0 Å². The van der Waals surface area contributed by atoms with Crippen LogP contribution in [0.3, 0.4) is 0 Å². The SMILES string of the molecule is CCOc1cc(C(=O)N(C)Cc2cccc(Cl)c2)ccc1OC. The van der Waals surface area contributed by atoms with Crippen molar-refractivity contribution < 1.29 is 14.3 Å². The first-order valence-electron chi connectivity index (χ1n) is 7.36. The number of carbonyl (C=O) groups is 1. The largest absolute Gasteiger partial charge is 0.493 e. The number of benzene rings is 2. The molecule has 0 aromatic heterocycles. The first-order valence-corrected chi connectivity index (χ1v) is 7.73. The fourth-order valence-corrected chi connectivity index (χ4v) is 2.49. The van der Waals surface area contributed by atoms with Gasteiger partial charge in [-0.3, -0.25) is 4.79 Å². The second-order valence-electron chi connectivity index (χ2n) is 5.09. The van der Waals surface area contributed by atoms with Gasteiger partial charge in [0, 0.05) is 24.2 Å². The lowest BCUT2D eigenvalue weighted by molar-refractivity contribution is 0.0784. The molecule has 2 aromatic rings. The summed E-state index contributed by atoms with van der Waals surface area (Å²) in [6, 6.07) is 12.7. The van der Waals surface area contributed by atoms with Gasteiger partial charge in [-0.1, -0.05) is 23.7 Å². The van der Waals surface area contributed by atoms with Crippen molar-refractivity contribution in [3.8, 4) is 11.5 Å². The summed E-state index contributed by atoms with van der Waals surface area (Å²) in [5.74, 6) is 1.09. The number of amides is 1. The average Bonchev–Trinajstić information content (AvgIpc) is 2.54. The van der Waals surface area contributed by atoms with Crippen molar-refractivity contribution in [1.82, 2.24) is 4.90 Å². The second-order valence-corrected chi connectivity index (χ2v) is 5.53. The zero-order chi connectivity index (χ0) is 16.8. The molecule has 5 heteroatoms. The molecular weight excluding hydrogens is 314 g/mol. The van der Waals surface area contributed by atoms with Crippen LogP contribution in [0.25, 0.3) is 0 Å². The van der Waals surface area contributed by atoms with Crippen molar-refractivity contribution in [2.75, 3.05) is 20.8 Å². The standard InChI is InChI=1S/C18H20ClNO3/c1-4-23-17-11-14(8-9-16(17)22-3)18(21)20(2)12-13-6-5-7-15(19)10-13/h5-11H,4,12H2,1-3H3. The molecule has 122 valence electrons. The van der Waals surface area contributed by atoms with Gasteiger partial charge >= 0.3 is 0 Å². The van der Waals surface area contributed by atoms with E-state index in [1.54, 1.807) is 37.3 Å². The predicted octanol–water partition coefficient (Wildman–Crippen LogP) is 4.02. The van der Waals surface area contributed by atoms with Crippen LogP contribution in [0.15, 0.2) is 42.5 Å². The molecule has 2 aromatic carbocycles. The highest BCUT2D eigenvalue weighted by atomic mass is 35.5. The van der Waals surface area contributed by atoms with E-state index in [2.05, 4.69) is 0 Å². The molecule has 0 aliphatic heterocycles. The zero-order valence-corrected chi connectivity index (χ0v) is 14.3. The fraction of sp³-hybridized carbons (Fsp3) is 0.278. The van der Waals surface area contributed by atoms with Crippen LogP contribution < -0.4 is 9.47 Å². The van der Waals surface area contributed by atoms with Crippen LogP contribution in [0, 0.1) is 0 Å². The molecule has 23 heavy (non-hydrogen) atoms. The smallest absolute Gasteiger partial charge is 0.254 e. The second kappa shape index (κ2) is 7.88. The number of methoxy groups -OCH3 is 1. The van der Waals surface area contributed by atoms with Crippen LogP contribution >= 0.6 is 11.6 Å². The van der Waals surface area contributed by atoms with Gasteiger partial charge in [0.15, 0.2) is 11.5 Å². The lowest BCUT2D eigenvalue weighted by Gasteiger charge is -2.18. The third-order valence-electron chi connectivity index (χ3n) is 3.37. The van der Waals surface area contributed by atoms with Gasteiger partial charge in [0.1, 0.15) is 0 Å². The number of carbonyl (C=O) groups excluding carboxylic acids is 1. The Bertz CT molecular complexity index is 688. The molecule has 0 fully saturated rings. The van der Waals surface area contributed by atoms with E-state index in [0.29, 0.717) is 35.2 Å². The lowest BCUT2D eigenvalue weighted by Crippen LogP contribution is -2.26. The molecule has 0 atom stereocenters. The van der Waals surface area contributed by atoms with E-state index in [4.69, 9.17) is 21.1 Å². The molecule has 0 radical (unpaired) electrons. The van der Waals surface area contributed by atoms with Crippen molar-refractivity contribution >= 4 is 17.5 Å². The highest BCUT2D eigenvalue weighted by Gasteiger charge is 2.15. The van der Waals surface area contributed by atoms with E-state index in [1.165, 1.54) is 0 Å². The highest BCUT2D eigenvalue weighted by molar-refractivity contribution is 6.30. The number of hydrogen-bond acceptors (Lipinski definition) is 3. The van der Waals surface area contributed by atoms with Crippen LogP contribution in [0.4, 0.5) is 0 Å². The summed E-state index contributed by atoms with van der Waals surface area (Å²) in [6.07, 6.45) is 0. The summed E-state index contributed by atoms with van der Waals surface area (Å²) in [5.41, 5.74) is 1.53. The molecule has 0 heterocycles. The van der Waals surface area contributed by atoms with Crippen molar-refractivity contribution in [2.24, 2.45) is 0 Å². The number of ether oxygens (including phenoxy) is 2. The van der Waals surface area contributed by atoms with Gasteiger partial charge in [0.05, 0.1) is 13.7 Å². The molecule has 0 aliphatic carbocycles. The van der Waals surface area contributed by atoms with E-state index in [0.717, 1.165) is 5.56 Å². The van der Waals surface area contributed by atoms with Crippen LogP contribution in [0.1, 0.15) is 22.8 Å². The number of hydrogen-bond donors (Lipinski definition) is 0. The van der Waals surface area contributed by atoms with Gasteiger partial charge in [-0.2, -0.15) is 0 Å². The maximum atomic E-state index is 12.6. The summed E-state index contributed by atoms with van der Waals surface area (Å²) in [5, 5.41) is 0.659. The highest BCUT2D eigenvalue weighted by Crippen LogP contribution is 2.28. The summed E-state index contributed by atoms with van der Waals surface area (Å²) >= 11 is 5.98. The Hall–Kier alpha value is -2.20. The molecule has 0 saturated carbocycles. The Morgan fingerprint density at radius 1 is 1.17 bits per heavy atom. The topological polar surface area (TPSA) is 38.8 Å². The van der Waals surface area contributed by atoms with Gasteiger partial charge in [0.25, 0.3) is 5.91 Å². The Balaban J connectivity index is 2.17. The predicted molar refractivity (Wildman–Crippen MR) is 91.4 cm³/mol. The molecule has 0 saturated heterocycles. The van der Waals surface area contributed by atoms with Crippen LogP contribution in [0.2, 0.25) is 5.02 Å². The van der Waals surface area contributed by atoms with Crippen LogP contribution in [0.5, 0.6) is 11.5 Å². The molecule has 1 amide bonds. The zero-order valence-electron chi connectivity index (χ0n) is 13.5. The first kappa shape index (κ1) is 17.2. The Morgan fingerprint density at radius 3 is 2.61 bits per heavy atom. The quantitative estimate of drug-likeness (QED) is 0.801. The van der Waals surface area contributed by atoms with Gasteiger partial charge in [-0.15, -0.1) is 0 Å². The number of nitrogens with zero attached hydrogens (tertiary/aromatic N) is 1. The minimum absolute atomic E-state index is 0.0893. The van der Waals surface area contributed by atoms with Gasteiger partial charge in [-0.05, 0) is 42.8 Å². The third kappa shape index (κ3) is 4.39. The third-order valence-corrected chi connectivity index (χ3v) is 3.60. The maximum Gasteiger partial charge on any atom is 0.254 e. The normalized spacial score (nSPS) is 10.3. The maximum absolute atomic E-state index is 12.6. The summed E-state index contributed by atoms with van der Waals surface area (Å²) in [6.45, 7) is 2.88. The molecular formula is C18H20ClNO3.